The normalized spacial score (nSPS) is 15.4. The van der Waals surface area contributed by atoms with E-state index in [1.54, 1.807) is 17.5 Å². The molecule has 6 nitrogen and oxygen atoms in total. The van der Waals surface area contributed by atoms with Crippen molar-refractivity contribution in [1.29, 1.82) is 0 Å². The van der Waals surface area contributed by atoms with Crippen molar-refractivity contribution in [2.75, 3.05) is 13.2 Å². The molecule has 2 aromatic rings. The summed E-state index contributed by atoms with van der Waals surface area (Å²) in [6.45, 7) is 2.47. The lowest BCUT2D eigenvalue weighted by Gasteiger charge is -2.21. The second kappa shape index (κ2) is 7.47. The van der Waals surface area contributed by atoms with Gasteiger partial charge < -0.3 is 14.8 Å². The van der Waals surface area contributed by atoms with Gasteiger partial charge in [0.25, 0.3) is 5.91 Å². The molecule has 3 rings (SSSR count). The number of ether oxygens (including phenoxy) is 1. The first-order valence-corrected chi connectivity index (χ1v) is 8.53. The van der Waals surface area contributed by atoms with E-state index in [2.05, 4.69) is 10.3 Å². The maximum absolute atomic E-state index is 12.2. The van der Waals surface area contributed by atoms with Gasteiger partial charge in [0.05, 0.1) is 18.8 Å². The quantitative estimate of drug-likeness (QED) is 0.827. The lowest BCUT2D eigenvalue weighted by atomic mass is 9.90. The van der Waals surface area contributed by atoms with Crippen LogP contribution in [0.15, 0.2) is 18.3 Å². The number of nitrogens with one attached hydrogen (secondary N) is 1. The van der Waals surface area contributed by atoms with Crippen LogP contribution >= 0.6 is 0 Å². The van der Waals surface area contributed by atoms with Gasteiger partial charge in [-0.2, -0.15) is 0 Å². The largest absolute Gasteiger partial charge is 0.489 e. The SMILES string of the molecule is Cc1nc2c(OCC3CCCCC3)cccn2c1C(=O)NCC=O. The van der Waals surface area contributed by atoms with Gasteiger partial charge in [0, 0.05) is 6.20 Å². The molecule has 2 heterocycles. The molecule has 1 amide bonds. The van der Waals surface area contributed by atoms with Crippen LogP contribution in [0.2, 0.25) is 0 Å². The second-order valence-corrected chi connectivity index (χ2v) is 6.30. The van der Waals surface area contributed by atoms with Crippen LogP contribution in [0.5, 0.6) is 5.75 Å². The maximum atomic E-state index is 12.2. The van der Waals surface area contributed by atoms with Crippen molar-refractivity contribution in [1.82, 2.24) is 14.7 Å². The lowest BCUT2D eigenvalue weighted by Crippen LogP contribution is -2.27. The average Bonchev–Trinajstić information content (AvgIpc) is 2.95. The van der Waals surface area contributed by atoms with Crippen LogP contribution in [0.4, 0.5) is 0 Å². The van der Waals surface area contributed by atoms with Crippen LogP contribution in [0.1, 0.15) is 48.3 Å². The zero-order valence-electron chi connectivity index (χ0n) is 14.0. The Morgan fingerprint density at radius 3 is 2.96 bits per heavy atom. The molecule has 2 aromatic heterocycles. The minimum Gasteiger partial charge on any atom is -0.489 e. The van der Waals surface area contributed by atoms with E-state index in [0.29, 0.717) is 41.6 Å². The lowest BCUT2D eigenvalue weighted by molar-refractivity contribution is -0.107. The molecule has 128 valence electrons. The number of aromatic nitrogens is 2. The molecule has 0 saturated heterocycles. The molecule has 1 fully saturated rings. The number of carbonyl (C=O) groups excluding carboxylic acids is 2. The molecular formula is C18H23N3O3. The zero-order chi connectivity index (χ0) is 16.9. The number of fused-ring (bicyclic) bond motifs is 1. The number of carbonyl (C=O) groups is 2. The van der Waals surface area contributed by atoms with Crippen LogP contribution in [0.25, 0.3) is 5.65 Å². The standard InChI is InChI=1S/C18H23N3O3/c1-13-16(18(23)19-9-11-22)21-10-5-8-15(17(21)20-13)24-12-14-6-3-2-4-7-14/h5,8,10-11,14H,2-4,6-7,9,12H2,1H3,(H,19,23). The Bertz CT molecular complexity index is 732. The summed E-state index contributed by atoms with van der Waals surface area (Å²) in [5.41, 5.74) is 1.70. The molecule has 0 spiro atoms. The molecule has 0 bridgehead atoms. The maximum Gasteiger partial charge on any atom is 0.270 e. The minimum absolute atomic E-state index is 0.0105. The third kappa shape index (κ3) is 3.42. The number of aldehydes is 1. The van der Waals surface area contributed by atoms with Crippen molar-refractivity contribution in [2.45, 2.75) is 39.0 Å². The number of rotatable bonds is 6. The molecule has 1 aliphatic rings. The van der Waals surface area contributed by atoms with Crippen LogP contribution in [0.3, 0.4) is 0 Å². The Morgan fingerprint density at radius 2 is 2.21 bits per heavy atom. The third-order valence-electron chi connectivity index (χ3n) is 4.55. The van der Waals surface area contributed by atoms with Crippen molar-refractivity contribution in [3.63, 3.8) is 0 Å². The third-order valence-corrected chi connectivity index (χ3v) is 4.55. The summed E-state index contributed by atoms with van der Waals surface area (Å²) < 4.78 is 7.74. The van der Waals surface area contributed by atoms with Gasteiger partial charge in [-0.25, -0.2) is 4.98 Å². The summed E-state index contributed by atoms with van der Waals surface area (Å²) >= 11 is 0. The number of imidazole rings is 1. The Balaban J connectivity index is 1.82. The Hall–Kier alpha value is -2.37. The molecular weight excluding hydrogens is 306 g/mol. The van der Waals surface area contributed by atoms with Crippen LogP contribution < -0.4 is 10.1 Å². The van der Waals surface area contributed by atoms with Crippen LogP contribution in [0, 0.1) is 12.8 Å². The summed E-state index contributed by atoms with van der Waals surface area (Å²) in [5.74, 6) is 0.988. The summed E-state index contributed by atoms with van der Waals surface area (Å²) in [5, 5.41) is 2.56. The summed E-state index contributed by atoms with van der Waals surface area (Å²) in [6, 6.07) is 3.73. The molecule has 0 radical (unpaired) electrons. The highest BCUT2D eigenvalue weighted by Crippen LogP contribution is 2.27. The van der Waals surface area contributed by atoms with Crippen molar-refractivity contribution in [3.05, 3.63) is 29.7 Å². The van der Waals surface area contributed by atoms with Crippen molar-refractivity contribution in [2.24, 2.45) is 5.92 Å². The van der Waals surface area contributed by atoms with Gasteiger partial charge in [-0.1, -0.05) is 19.3 Å². The molecule has 1 saturated carbocycles. The van der Waals surface area contributed by atoms with Gasteiger partial charge >= 0.3 is 0 Å². The number of aryl methyl sites for hydroxylation is 1. The topological polar surface area (TPSA) is 72.7 Å². The van der Waals surface area contributed by atoms with Gasteiger partial charge in [-0.3, -0.25) is 9.20 Å². The van der Waals surface area contributed by atoms with Crippen LogP contribution in [-0.2, 0) is 4.79 Å². The first kappa shape index (κ1) is 16.5. The number of amides is 1. The zero-order valence-corrected chi connectivity index (χ0v) is 14.0. The fraction of sp³-hybridized carbons (Fsp3) is 0.500. The van der Waals surface area contributed by atoms with E-state index in [1.165, 1.54) is 32.1 Å². The van der Waals surface area contributed by atoms with E-state index in [-0.39, 0.29) is 12.5 Å². The first-order chi connectivity index (χ1) is 11.7. The summed E-state index contributed by atoms with van der Waals surface area (Å²) in [4.78, 5) is 27.2. The molecule has 1 N–H and O–H groups in total. The fourth-order valence-electron chi connectivity index (χ4n) is 3.32. The van der Waals surface area contributed by atoms with E-state index < -0.39 is 0 Å². The molecule has 24 heavy (non-hydrogen) atoms. The number of pyridine rings is 1. The fourth-order valence-corrected chi connectivity index (χ4v) is 3.32. The first-order valence-electron chi connectivity index (χ1n) is 8.53. The predicted octanol–water partition coefficient (Wildman–Crippen LogP) is 2.53. The highest BCUT2D eigenvalue weighted by Gasteiger charge is 2.19. The van der Waals surface area contributed by atoms with Gasteiger partial charge in [-0.15, -0.1) is 0 Å². The highest BCUT2D eigenvalue weighted by molar-refractivity contribution is 5.95. The molecule has 6 heteroatoms. The van der Waals surface area contributed by atoms with E-state index in [1.807, 2.05) is 12.1 Å². The van der Waals surface area contributed by atoms with Gasteiger partial charge in [0.2, 0.25) is 0 Å². The Morgan fingerprint density at radius 1 is 1.42 bits per heavy atom. The van der Waals surface area contributed by atoms with Crippen molar-refractivity contribution >= 4 is 17.8 Å². The molecule has 0 atom stereocenters. The molecule has 0 aliphatic heterocycles. The number of hydrogen-bond acceptors (Lipinski definition) is 4. The smallest absolute Gasteiger partial charge is 0.270 e. The molecule has 1 aliphatic carbocycles. The van der Waals surface area contributed by atoms with Crippen molar-refractivity contribution in [3.8, 4) is 5.75 Å². The predicted molar refractivity (Wildman–Crippen MR) is 90.4 cm³/mol. The van der Waals surface area contributed by atoms with Crippen molar-refractivity contribution < 1.29 is 14.3 Å². The molecule has 0 unspecified atom stereocenters. The highest BCUT2D eigenvalue weighted by atomic mass is 16.5. The van der Waals surface area contributed by atoms with E-state index in [9.17, 15) is 9.59 Å². The van der Waals surface area contributed by atoms with Gasteiger partial charge in [-0.05, 0) is 37.8 Å². The minimum atomic E-state index is -0.309. The summed E-state index contributed by atoms with van der Waals surface area (Å²) in [7, 11) is 0. The average molecular weight is 329 g/mol. The summed E-state index contributed by atoms with van der Waals surface area (Å²) in [6.07, 6.45) is 8.77. The van der Waals surface area contributed by atoms with Gasteiger partial charge in [0.1, 0.15) is 12.0 Å². The Labute approximate surface area is 141 Å². The van der Waals surface area contributed by atoms with E-state index in [0.717, 1.165) is 0 Å². The second-order valence-electron chi connectivity index (χ2n) is 6.30. The number of hydrogen-bond donors (Lipinski definition) is 1. The molecule has 0 aromatic carbocycles. The van der Waals surface area contributed by atoms with Crippen LogP contribution in [-0.4, -0.2) is 34.7 Å². The van der Waals surface area contributed by atoms with Gasteiger partial charge in [0.15, 0.2) is 11.4 Å². The van der Waals surface area contributed by atoms with E-state index >= 15 is 0 Å². The van der Waals surface area contributed by atoms with E-state index in [4.69, 9.17) is 4.74 Å². The monoisotopic (exact) mass is 329 g/mol. The number of nitrogens with zero attached hydrogens (tertiary/aromatic N) is 2. The Kier molecular flexibility index (Phi) is 5.13.